The quantitative estimate of drug-likeness (QED) is 0.817. The first-order valence-corrected chi connectivity index (χ1v) is 6.82. The van der Waals surface area contributed by atoms with Gasteiger partial charge in [-0.3, -0.25) is 4.72 Å². The summed E-state index contributed by atoms with van der Waals surface area (Å²) in [6, 6.07) is 7.19. The van der Waals surface area contributed by atoms with Gasteiger partial charge in [-0.25, -0.2) is 0 Å². The van der Waals surface area contributed by atoms with Crippen molar-refractivity contribution >= 4 is 25.6 Å². The Balaban J connectivity index is 3.04. The highest BCUT2D eigenvalue weighted by atomic mass is 35.7. The van der Waals surface area contributed by atoms with E-state index in [2.05, 4.69) is 25.5 Å². The SMILES string of the molecule is CC(C)(C)c1cccc(NS(=O)(=O)Cl)c1. The van der Waals surface area contributed by atoms with Gasteiger partial charge in [0.2, 0.25) is 0 Å². The number of benzene rings is 1. The molecule has 1 aromatic rings. The van der Waals surface area contributed by atoms with Crippen LogP contribution in [0.2, 0.25) is 0 Å². The molecule has 0 heterocycles. The number of hydrogen-bond donors (Lipinski definition) is 1. The third kappa shape index (κ3) is 4.10. The first-order valence-electron chi connectivity index (χ1n) is 4.51. The van der Waals surface area contributed by atoms with Crippen LogP contribution in [-0.4, -0.2) is 8.42 Å². The van der Waals surface area contributed by atoms with Gasteiger partial charge in [0.25, 0.3) is 0 Å². The van der Waals surface area contributed by atoms with Crippen molar-refractivity contribution in [2.45, 2.75) is 26.2 Å². The van der Waals surface area contributed by atoms with Crippen molar-refractivity contribution in [1.29, 1.82) is 0 Å². The van der Waals surface area contributed by atoms with Crippen molar-refractivity contribution < 1.29 is 8.42 Å². The average Bonchev–Trinajstić information content (AvgIpc) is 1.99. The number of hydrogen-bond acceptors (Lipinski definition) is 2. The summed E-state index contributed by atoms with van der Waals surface area (Å²) in [5, 5.41) is 0. The first-order chi connectivity index (χ1) is 6.68. The summed E-state index contributed by atoms with van der Waals surface area (Å²) in [4.78, 5) is 0. The fourth-order valence-electron chi connectivity index (χ4n) is 1.19. The van der Waals surface area contributed by atoms with Crippen molar-refractivity contribution in [2.75, 3.05) is 4.72 Å². The van der Waals surface area contributed by atoms with E-state index in [-0.39, 0.29) is 5.41 Å². The zero-order valence-corrected chi connectivity index (χ0v) is 10.5. The summed E-state index contributed by atoms with van der Waals surface area (Å²) < 4.78 is 23.9. The lowest BCUT2D eigenvalue weighted by Gasteiger charge is -2.19. The van der Waals surface area contributed by atoms with Gasteiger partial charge >= 0.3 is 9.24 Å². The molecule has 0 atom stereocenters. The summed E-state index contributed by atoms with van der Waals surface area (Å²) in [5.74, 6) is 0. The molecule has 0 radical (unpaired) electrons. The Morgan fingerprint density at radius 1 is 1.27 bits per heavy atom. The number of anilines is 1. The zero-order valence-electron chi connectivity index (χ0n) is 8.91. The molecule has 1 rings (SSSR count). The van der Waals surface area contributed by atoms with E-state index in [0.717, 1.165) is 5.56 Å². The summed E-state index contributed by atoms with van der Waals surface area (Å²) in [5.41, 5.74) is 1.51. The molecule has 3 nitrogen and oxygen atoms in total. The number of rotatable bonds is 2. The third-order valence-electron chi connectivity index (χ3n) is 1.97. The van der Waals surface area contributed by atoms with Crippen LogP contribution in [0.4, 0.5) is 5.69 Å². The van der Waals surface area contributed by atoms with Gasteiger partial charge in [0.1, 0.15) is 0 Å². The molecule has 0 aromatic heterocycles. The fraction of sp³-hybridized carbons (Fsp3) is 0.400. The Labute approximate surface area is 95.0 Å². The van der Waals surface area contributed by atoms with E-state index in [0.29, 0.717) is 5.69 Å². The lowest BCUT2D eigenvalue weighted by molar-refractivity contribution is 0.590. The molecular formula is C10H14ClNO2S. The van der Waals surface area contributed by atoms with Gasteiger partial charge in [-0.1, -0.05) is 32.9 Å². The maximum Gasteiger partial charge on any atom is 0.319 e. The van der Waals surface area contributed by atoms with Crippen LogP contribution in [0.1, 0.15) is 26.3 Å². The summed E-state index contributed by atoms with van der Waals surface area (Å²) in [6.07, 6.45) is 0. The molecule has 0 unspecified atom stereocenters. The molecular weight excluding hydrogens is 234 g/mol. The second kappa shape index (κ2) is 4.02. The van der Waals surface area contributed by atoms with Crippen molar-refractivity contribution in [3.8, 4) is 0 Å². The van der Waals surface area contributed by atoms with Crippen LogP contribution in [0.15, 0.2) is 24.3 Å². The molecule has 0 aliphatic rings. The zero-order chi connectivity index (χ0) is 11.7. The second-order valence-electron chi connectivity index (χ2n) is 4.37. The van der Waals surface area contributed by atoms with Crippen molar-refractivity contribution in [2.24, 2.45) is 0 Å². The normalized spacial score (nSPS) is 12.5. The van der Waals surface area contributed by atoms with Crippen LogP contribution < -0.4 is 4.72 Å². The third-order valence-corrected chi connectivity index (χ3v) is 2.68. The molecule has 0 aliphatic heterocycles. The van der Waals surface area contributed by atoms with E-state index in [1.165, 1.54) is 0 Å². The van der Waals surface area contributed by atoms with Crippen molar-refractivity contribution in [3.05, 3.63) is 29.8 Å². The molecule has 5 heteroatoms. The van der Waals surface area contributed by atoms with Gasteiger partial charge in [-0.2, -0.15) is 8.42 Å². The van der Waals surface area contributed by atoms with Crippen molar-refractivity contribution in [3.63, 3.8) is 0 Å². The minimum absolute atomic E-state index is 0.0201. The Kier molecular flexibility index (Phi) is 3.31. The smallest absolute Gasteiger partial charge is 0.271 e. The molecule has 0 saturated heterocycles. The molecule has 0 spiro atoms. The molecule has 1 N–H and O–H groups in total. The molecule has 15 heavy (non-hydrogen) atoms. The maximum absolute atomic E-state index is 10.8. The maximum atomic E-state index is 10.8. The molecule has 0 bridgehead atoms. The molecule has 0 saturated carbocycles. The van der Waals surface area contributed by atoms with Gasteiger partial charge in [-0.15, -0.1) is 0 Å². The van der Waals surface area contributed by atoms with E-state index >= 15 is 0 Å². The van der Waals surface area contributed by atoms with Crippen LogP contribution >= 0.6 is 10.7 Å². The van der Waals surface area contributed by atoms with E-state index in [4.69, 9.17) is 10.7 Å². The van der Waals surface area contributed by atoms with Gasteiger partial charge in [0, 0.05) is 16.4 Å². The monoisotopic (exact) mass is 247 g/mol. The van der Waals surface area contributed by atoms with Crippen molar-refractivity contribution in [1.82, 2.24) is 0 Å². The van der Waals surface area contributed by atoms with Gasteiger partial charge in [0.05, 0.1) is 0 Å². The van der Waals surface area contributed by atoms with Crippen LogP contribution in [0.5, 0.6) is 0 Å². The second-order valence-corrected chi connectivity index (χ2v) is 6.67. The Morgan fingerprint density at radius 2 is 1.87 bits per heavy atom. The standard InChI is InChI=1S/C10H14ClNO2S/c1-10(2,3)8-5-4-6-9(7-8)12-15(11,13)14/h4-7,12H,1-3H3. The fourth-order valence-corrected chi connectivity index (χ4v) is 1.87. The number of nitrogens with one attached hydrogen (secondary N) is 1. The van der Waals surface area contributed by atoms with Crippen LogP contribution in [0, 0.1) is 0 Å². The average molecular weight is 248 g/mol. The summed E-state index contributed by atoms with van der Waals surface area (Å²) >= 11 is 0. The molecule has 0 amide bonds. The predicted molar refractivity (Wildman–Crippen MR) is 63.5 cm³/mol. The highest BCUT2D eigenvalue weighted by Crippen LogP contribution is 2.25. The molecule has 84 valence electrons. The highest BCUT2D eigenvalue weighted by Gasteiger charge is 2.14. The largest absolute Gasteiger partial charge is 0.319 e. The minimum Gasteiger partial charge on any atom is -0.271 e. The number of halogens is 1. The lowest BCUT2D eigenvalue weighted by atomic mass is 9.87. The van der Waals surface area contributed by atoms with Crippen LogP contribution in [0.25, 0.3) is 0 Å². The van der Waals surface area contributed by atoms with E-state index < -0.39 is 9.24 Å². The van der Waals surface area contributed by atoms with E-state index in [9.17, 15) is 8.42 Å². The Morgan fingerprint density at radius 3 is 2.33 bits per heavy atom. The van der Waals surface area contributed by atoms with Crippen LogP contribution in [-0.2, 0) is 14.7 Å². The Hall–Kier alpha value is -0.740. The van der Waals surface area contributed by atoms with Gasteiger partial charge in [0.15, 0.2) is 0 Å². The van der Waals surface area contributed by atoms with Gasteiger partial charge < -0.3 is 0 Å². The van der Waals surface area contributed by atoms with E-state index in [1.54, 1.807) is 18.2 Å². The van der Waals surface area contributed by atoms with E-state index in [1.807, 2.05) is 6.07 Å². The predicted octanol–water partition coefficient (Wildman–Crippen LogP) is 2.88. The molecule has 1 aromatic carbocycles. The Bertz CT molecular complexity index is 449. The highest BCUT2D eigenvalue weighted by molar-refractivity contribution is 8.14. The lowest BCUT2D eigenvalue weighted by Crippen LogP contribution is -2.12. The summed E-state index contributed by atoms with van der Waals surface area (Å²) in [7, 11) is 1.38. The van der Waals surface area contributed by atoms with Gasteiger partial charge in [-0.05, 0) is 23.1 Å². The molecule has 0 fully saturated rings. The van der Waals surface area contributed by atoms with Crippen LogP contribution in [0.3, 0.4) is 0 Å². The summed E-state index contributed by atoms with van der Waals surface area (Å²) in [6.45, 7) is 6.17. The topological polar surface area (TPSA) is 46.2 Å². The molecule has 0 aliphatic carbocycles. The first kappa shape index (κ1) is 12.3. The minimum atomic E-state index is -3.72.